The number of nitrogens with one attached hydrogen (secondary N) is 1. The largest absolute Gasteiger partial charge is 0.383 e. The summed E-state index contributed by atoms with van der Waals surface area (Å²) in [5.41, 5.74) is 2.17. The Balaban J connectivity index is 2.39. The van der Waals surface area contributed by atoms with Crippen LogP contribution in [0.5, 0.6) is 0 Å². The first kappa shape index (κ1) is 14.0. The number of aromatic nitrogens is 2. The predicted molar refractivity (Wildman–Crippen MR) is 76.5 cm³/mol. The van der Waals surface area contributed by atoms with Crippen LogP contribution >= 0.6 is 15.9 Å². The van der Waals surface area contributed by atoms with Gasteiger partial charge in [-0.25, -0.2) is 4.98 Å². The molecule has 0 bridgehead atoms. The molecule has 0 atom stereocenters. The molecule has 19 heavy (non-hydrogen) atoms. The fraction of sp³-hybridized carbons (Fsp3) is 0.385. The van der Waals surface area contributed by atoms with E-state index in [1.54, 1.807) is 7.11 Å². The Morgan fingerprint density at radius 3 is 3.00 bits per heavy atom. The van der Waals surface area contributed by atoms with Crippen molar-refractivity contribution in [1.29, 1.82) is 0 Å². The van der Waals surface area contributed by atoms with Crippen LogP contribution in [0.3, 0.4) is 0 Å². The van der Waals surface area contributed by atoms with Gasteiger partial charge in [0.25, 0.3) is 5.91 Å². The van der Waals surface area contributed by atoms with Crippen LogP contribution in [-0.4, -0.2) is 35.6 Å². The lowest BCUT2D eigenvalue weighted by molar-refractivity contribution is 0.0930. The number of carbonyl (C=O) groups is 1. The van der Waals surface area contributed by atoms with E-state index >= 15 is 0 Å². The summed E-state index contributed by atoms with van der Waals surface area (Å²) in [4.78, 5) is 16.7. The number of carbonyl (C=O) groups excluding carboxylic acids is 1. The summed E-state index contributed by atoms with van der Waals surface area (Å²) in [6, 6.07) is 3.80. The van der Waals surface area contributed by atoms with Gasteiger partial charge in [0.15, 0.2) is 0 Å². The van der Waals surface area contributed by atoms with Crippen LogP contribution < -0.4 is 5.32 Å². The van der Waals surface area contributed by atoms with Crippen molar-refractivity contribution in [1.82, 2.24) is 14.7 Å². The van der Waals surface area contributed by atoms with Crippen molar-refractivity contribution in [3.05, 3.63) is 34.2 Å². The smallest absolute Gasteiger partial charge is 0.270 e. The van der Waals surface area contributed by atoms with E-state index in [0.29, 0.717) is 25.3 Å². The van der Waals surface area contributed by atoms with Crippen LogP contribution in [0.2, 0.25) is 0 Å². The first-order valence-electron chi connectivity index (χ1n) is 6.11. The van der Waals surface area contributed by atoms with Crippen LogP contribution in [0.1, 0.15) is 23.1 Å². The van der Waals surface area contributed by atoms with Crippen molar-refractivity contribution >= 4 is 27.5 Å². The van der Waals surface area contributed by atoms with Crippen molar-refractivity contribution in [3.63, 3.8) is 0 Å². The Hall–Kier alpha value is -1.40. The molecule has 0 spiro atoms. The lowest BCUT2D eigenvalue weighted by Crippen LogP contribution is -2.28. The van der Waals surface area contributed by atoms with Gasteiger partial charge in [-0.2, -0.15) is 0 Å². The zero-order valence-corrected chi connectivity index (χ0v) is 12.5. The molecule has 0 aliphatic rings. The highest BCUT2D eigenvalue weighted by molar-refractivity contribution is 9.10. The summed E-state index contributed by atoms with van der Waals surface area (Å²) < 4.78 is 7.65. The molecule has 2 heterocycles. The number of amides is 1. The SMILES string of the molecule is CCc1nc2ccc(Br)cn2c1C(=O)NCCOC. The average Bonchev–Trinajstić information content (AvgIpc) is 2.76. The second-order valence-corrected chi connectivity index (χ2v) is 5.00. The van der Waals surface area contributed by atoms with Gasteiger partial charge in [0.05, 0.1) is 12.3 Å². The number of fused-ring (bicyclic) bond motifs is 1. The first-order valence-corrected chi connectivity index (χ1v) is 6.90. The highest BCUT2D eigenvalue weighted by Crippen LogP contribution is 2.17. The van der Waals surface area contributed by atoms with E-state index in [-0.39, 0.29) is 5.91 Å². The molecule has 6 heteroatoms. The van der Waals surface area contributed by atoms with Gasteiger partial charge < -0.3 is 10.1 Å². The Kier molecular flexibility index (Phi) is 4.55. The van der Waals surface area contributed by atoms with Gasteiger partial charge >= 0.3 is 0 Å². The number of methoxy groups -OCH3 is 1. The lowest BCUT2D eigenvalue weighted by atomic mass is 10.2. The number of imidazole rings is 1. The molecule has 5 nitrogen and oxygen atoms in total. The summed E-state index contributed by atoms with van der Waals surface area (Å²) >= 11 is 3.41. The number of nitrogens with zero attached hydrogens (tertiary/aromatic N) is 2. The molecule has 0 unspecified atom stereocenters. The fourth-order valence-corrected chi connectivity index (χ4v) is 2.24. The van der Waals surface area contributed by atoms with Crippen LogP contribution in [0.25, 0.3) is 5.65 Å². The van der Waals surface area contributed by atoms with Gasteiger partial charge in [0.2, 0.25) is 0 Å². The van der Waals surface area contributed by atoms with E-state index in [1.807, 2.05) is 29.7 Å². The minimum Gasteiger partial charge on any atom is -0.383 e. The standard InChI is InChI=1S/C13H16BrN3O2/c1-3-10-12(13(18)15-6-7-19-2)17-8-9(14)4-5-11(17)16-10/h4-5,8H,3,6-7H2,1-2H3,(H,15,18). The maximum absolute atomic E-state index is 12.2. The lowest BCUT2D eigenvalue weighted by Gasteiger charge is -2.06. The topological polar surface area (TPSA) is 55.6 Å². The molecule has 0 saturated heterocycles. The Morgan fingerprint density at radius 1 is 1.53 bits per heavy atom. The molecule has 0 radical (unpaired) electrons. The maximum atomic E-state index is 12.2. The van der Waals surface area contributed by atoms with Crippen molar-refractivity contribution in [2.24, 2.45) is 0 Å². The molecule has 0 aliphatic carbocycles. The summed E-state index contributed by atoms with van der Waals surface area (Å²) in [5, 5.41) is 2.83. The third kappa shape index (κ3) is 2.96. The second kappa shape index (κ2) is 6.16. The van der Waals surface area contributed by atoms with Crippen LogP contribution in [0.15, 0.2) is 22.8 Å². The van der Waals surface area contributed by atoms with E-state index in [0.717, 1.165) is 15.8 Å². The Morgan fingerprint density at radius 2 is 2.32 bits per heavy atom. The zero-order valence-electron chi connectivity index (χ0n) is 10.9. The van der Waals surface area contributed by atoms with Crippen LogP contribution in [0, 0.1) is 0 Å². The molecule has 2 rings (SSSR count). The molecule has 0 aromatic carbocycles. The third-order valence-electron chi connectivity index (χ3n) is 2.80. The van der Waals surface area contributed by atoms with Gasteiger partial charge in [-0.05, 0) is 34.5 Å². The molecule has 102 valence electrons. The number of aryl methyl sites for hydroxylation is 1. The number of pyridine rings is 1. The molecule has 0 saturated carbocycles. The van der Waals surface area contributed by atoms with Gasteiger partial charge in [-0.3, -0.25) is 9.20 Å². The fourth-order valence-electron chi connectivity index (χ4n) is 1.90. The van der Waals surface area contributed by atoms with Gasteiger partial charge in [-0.15, -0.1) is 0 Å². The predicted octanol–water partition coefficient (Wildman–Crippen LogP) is 2.04. The van der Waals surface area contributed by atoms with Crippen molar-refractivity contribution in [3.8, 4) is 0 Å². The highest BCUT2D eigenvalue weighted by Gasteiger charge is 2.17. The normalized spacial score (nSPS) is 10.9. The quantitative estimate of drug-likeness (QED) is 0.856. The minimum absolute atomic E-state index is 0.125. The summed E-state index contributed by atoms with van der Waals surface area (Å²) in [7, 11) is 1.61. The average molecular weight is 326 g/mol. The van der Waals surface area contributed by atoms with Crippen molar-refractivity contribution < 1.29 is 9.53 Å². The van der Waals surface area contributed by atoms with E-state index in [4.69, 9.17) is 4.74 Å². The molecule has 1 N–H and O–H groups in total. The molecule has 0 fully saturated rings. The molecular weight excluding hydrogens is 310 g/mol. The summed E-state index contributed by atoms with van der Waals surface area (Å²) in [6.07, 6.45) is 2.57. The summed E-state index contributed by atoms with van der Waals surface area (Å²) in [6.45, 7) is 2.97. The van der Waals surface area contributed by atoms with E-state index in [9.17, 15) is 4.79 Å². The molecule has 2 aromatic heterocycles. The molecular formula is C13H16BrN3O2. The molecule has 2 aromatic rings. The maximum Gasteiger partial charge on any atom is 0.270 e. The number of rotatable bonds is 5. The van der Waals surface area contributed by atoms with E-state index < -0.39 is 0 Å². The minimum atomic E-state index is -0.125. The monoisotopic (exact) mass is 325 g/mol. The molecule has 1 amide bonds. The second-order valence-electron chi connectivity index (χ2n) is 4.08. The number of hydrogen-bond donors (Lipinski definition) is 1. The first-order chi connectivity index (χ1) is 9.17. The van der Waals surface area contributed by atoms with Gasteiger partial charge in [-0.1, -0.05) is 6.92 Å². The molecule has 0 aliphatic heterocycles. The van der Waals surface area contributed by atoms with E-state index in [2.05, 4.69) is 26.2 Å². The van der Waals surface area contributed by atoms with Gasteiger partial charge in [0.1, 0.15) is 11.3 Å². The Labute approximate surface area is 120 Å². The van der Waals surface area contributed by atoms with E-state index in [1.165, 1.54) is 0 Å². The van der Waals surface area contributed by atoms with Crippen molar-refractivity contribution in [2.45, 2.75) is 13.3 Å². The van der Waals surface area contributed by atoms with Gasteiger partial charge in [0, 0.05) is 24.3 Å². The van der Waals surface area contributed by atoms with Crippen LogP contribution in [0.4, 0.5) is 0 Å². The number of halogens is 1. The third-order valence-corrected chi connectivity index (χ3v) is 3.27. The highest BCUT2D eigenvalue weighted by atomic mass is 79.9. The summed E-state index contributed by atoms with van der Waals surface area (Å²) in [5.74, 6) is -0.125. The van der Waals surface area contributed by atoms with Crippen molar-refractivity contribution in [2.75, 3.05) is 20.3 Å². The van der Waals surface area contributed by atoms with Crippen LogP contribution in [-0.2, 0) is 11.2 Å². The number of ether oxygens (including phenoxy) is 1. The number of hydrogen-bond acceptors (Lipinski definition) is 3. The zero-order chi connectivity index (χ0) is 13.8. The Bertz CT molecular complexity index is 595.